The standard InChI is InChI=1S/C9H8F2OS.2C2H6/c10-9(11)5-6-13(12)8-4-2-1-3-7(8)9;2*1-2/h1-4H,5-6H2;2*1-2H3. The van der Waals surface area contributed by atoms with E-state index in [2.05, 4.69) is 0 Å². The number of halogens is 2. The van der Waals surface area contributed by atoms with Gasteiger partial charge in [-0.25, -0.2) is 8.78 Å². The van der Waals surface area contributed by atoms with E-state index < -0.39 is 16.7 Å². The molecule has 0 saturated heterocycles. The fraction of sp³-hybridized carbons (Fsp3) is 0.538. The van der Waals surface area contributed by atoms with Crippen LogP contribution in [0.15, 0.2) is 29.2 Å². The van der Waals surface area contributed by atoms with Gasteiger partial charge in [-0.3, -0.25) is 4.21 Å². The van der Waals surface area contributed by atoms with Crippen molar-refractivity contribution in [3.8, 4) is 0 Å². The summed E-state index contributed by atoms with van der Waals surface area (Å²) in [6.07, 6.45) is -0.309. The van der Waals surface area contributed by atoms with Crippen molar-refractivity contribution in [1.29, 1.82) is 0 Å². The molecule has 0 amide bonds. The lowest BCUT2D eigenvalue weighted by Crippen LogP contribution is -2.24. The highest BCUT2D eigenvalue weighted by Gasteiger charge is 2.38. The third-order valence-corrected chi connectivity index (χ3v) is 3.55. The van der Waals surface area contributed by atoms with Crippen LogP contribution in [0.25, 0.3) is 0 Å². The van der Waals surface area contributed by atoms with Gasteiger partial charge in [0.15, 0.2) is 0 Å². The van der Waals surface area contributed by atoms with Crippen molar-refractivity contribution in [3.05, 3.63) is 29.8 Å². The predicted molar refractivity (Wildman–Crippen MR) is 68.9 cm³/mol. The Balaban J connectivity index is 0.000000581. The molecule has 1 atom stereocenters. The summed E-state index contributed by atoms with van der Waals surface area (Å²) in [5, 5.41) is 0. The second-order valence-corrected chi connectivity index (χ2v) is 4.54. The minimum absolute atomic E-state index is 0.0595. The third kappa shape index (κ3) is 3.87. The summed E-state index contributed by atoms with van der Waals surface area (Å²) >= 11 is 0. The van der Waals surface area contributed by atoms with Gasteiger partial charge in [-0.05, 0) is 6.07 Å². The van der Waals surface area contributed by atoms with E-state index >= 15 is 0 Å². The number of hydrogen-bond acceptors (Lipinski definition) is 1. The molecule has 1 aromatic carbocycles. The van der Waals surface area contributed by atoms with E-state index in [9.17, 15) is 13.0 Å². The van der Waals surface area contributed by atoms with Gasteiger partial charge in [-0.15, -0.1) is 0 Å². The van der Waals surface area contributed by atoms with Crippen LogP contribution in [0, 0.1) is 0 Å². The van der Waals surface area contributed by atoms with Crippen molar-refractivity contribution in [2.75, 3.05) is 5.75 Å². The Labute approximate surface area is 105 Å². The highest BCUT2D eigenvalue weighted by atomic mass is 32.2. The van der Waals surface area contributed by atoms with Crippen LogP contribution in [-0.4, -0.2) is 9.96 Å². The van der Waals surface area contributed by atoms with Crippen LogP contribution >= 0.6 is 0 Å². The smallest absolute Gasteiger partial charge is 0.254 e. The molecular formula is C13H20F2OS. The van der Waals surface area contributed by atoms with E-state index in [1.165, 1.54) is 12.1 Å². The minimum Gasteiger partial charge on any atom is -0.254 e. The molecule has 1 nitrogen and oxygen atoms in total. The topological polar surface area (TPSA) is 17.1 Å². The van der Waals surface area contributed by atoms with E-state index in [0.717, 1.165) is 0 Å². The zero-order valence-corrected chi connectivity index (χ0v) is 11.6. The first-order chi connectivity index (χ1) is 8.11. The first-order valence-electron chi connectivity index (χ1n) is 5.97. The summed E-state index contributed by atoms with van der Waals surface area (Å²) in [6, 6.07) is 6.05. The lowest BCUT2D eigenvalue weighted by Gasteiger charge is -2.24. The average Bonchev–Trinajstić information content (AvgIpc) is 2.40. The Hall–Kier alpha value is -0.770. The van der Waals surface area contributed by atoms with Gasteiger partial charge in [0.25, 0.3) is 5.92 Å². The summed E-state index contributed by atoms with van der Waals surface area (Å²) in [6.45, 7) is 8.00. The van der Waals surface area contributed by atoms with Crippen LogP contribution in [0.3, 0.4) is 0 Å². The van der Waals surface area contributed by atoms with E-state index in [-0.39, 0.29) is 17.7 Å². The molecule has 0 aromatic heterocycles. The lowest BCUT2D eigenvalue weighted by atomic mass is 10.1. The molecule has 0 bridgehead atoms. The van der Waals surface area contributed by atoms with Crippen LogP contribution in [0.2, 0.25) is 0 Å². The van der Waals surface area contributed by atoms with Gasteiger partial charge >= 0.3 is 0 Å². The zero-order chi connectivity index (χ0) is 13.5. The highest BCUT2D eigenvalue weighted by molar-refractivity contribution is 7.85. The monoisotopic (exact) mass is 262 g/mol. The molecule has 0 radical (unpaired) electrons. The molecule has 1 aliphatic rings. The Morgan fingerprint density at radius 3 is 2.18 bits per heavy atom. The maximum absolute atomic E-state index is 13.2. The van der Waals surface area contributed by atoms with E-state index in [0.29, 0.717) is 4.90 Å². The van der Waals surface area contributed by atoms with Crippen molar-refractivity contribution in [1.82, 2.24) is 0 Å². The van der Waals surface area contributed by atoms with E-state index in [1.807, 2.05) is 27.7 Å². The average molecular weight is 262 g/mol. The minimum atomic E-state index is -2.80. The molecule has 1 unspecified atom stereocenters. The van der Waals surface area contributed by atoms with E-state index in [1.54, 1.807) is 12.1 Å². The largest absolute Gasteiger partial charge is 0.275 e. The van der Waals surface area contributed by atoms with Crippen molar-refractivity contribution in [2.45, 2.75) is 44.9 Å². The SMILES string of the molecule is CC.CC.O=S1CCC(F)(F)c2ccccc21. The molecule has 1 heterocycles. The highest BCUT2D eigenvalue weighted by Crippen LogP contribution is 2.39. The van der Waals surface area contributed by atoms with Gasteiger partial charge in [0, 0.05) is 22.6 Å². The van der Waals surface area contributed by atoms with Gasteiger partial charge in [-0.2, -0.15) is 0 Å². The molecule has 2 rings (SSSR count). The first kappa shape index (κ1) is 16.2. The molecule has 0 N–H and O–H groups in total. The van der Waals surface area contributed by atoms with Gasteiger partial charge in [-0.1, -0.05) is 45.9 Å². The van der Waals surface area contributed by atoms with Crippen LogP contribution in [0.1, 0.15) is 39.7 Å². The maximum Gasteiger partial charge on any atom is 0.275 e. The molecule has 0 spiro atoms. The predicted octanol–water partition coefficient (Wildman–Crippen LogP) is 4.34. The molecule has 17 heavy (non-hydrogen) atoms. The molecule has 1 aliphatic heterocycles. The van der Waals surface area contributed by atoms with Gasteiger partial charge < -0.3 is 0 Å². The fourth-order valence-electron chi connectivity index (χ4n) is 1.43. The Morgan fingerprint density at radius 1 is 1.12 bits per heavy atom. The van der Waals surface area contributed by atoms with Crippen LogP contribution in [0.5, 0.6) is 0 Å². The number of fused-ring (bicyclic) bond motifs is 1. The molecular weight excluding hydrogens is 242 g/mol. The summed E-state index contributed by atoms with van der Waals surface area (Å²) in [5.74, 6) is -2.74. The third-order valence-electron chi connectivity index (χ3n) is 2.13. The maximum atomic E-state index is 13.2. The number of alkyl halides is 2. The van der Waals surface area contributed by atoms with Crippen LogP contribution in [0.4, 0.5) is 8.78 Å². The van der Waals surface area contributed by atoms with Crippen molar-refractivity contribution >= 4 is 10.8 Å². The first-order valence-corrected chi connectivity index (χ1v) is 7.29. The molecule has 0 fully saturated rings. The summed E-state index contributed by atoms with van der Waals surface area (Å²) in [5.41, 5.74) is -0.0698. The molecule has 1 aromatic rings. The van der Waals surface area contributed by atoms with Crippen molar-refractivity contribution < 1.29 is 13.0 Å². The van der Waals surface area contributed by atoms with Crippen molar-refractivity contribution in [2.24, 2.45) is 0 Å². The quantitative estimate of drug-likeness (QED) is 0.679. The zero-order valence-electron chi connectivity index (χ0n) is 10.8. The Bertz CT molecular complexity index is 364. The van der Waals surface area contributed by atoms with Crippen molar-refractivity contribution in [3.63, 3.8) is 0 Å². The van der Waals surface area contributed by atoms with Gasteiger partial charge in [0.05, 0.1) is 10.8 Å². The Kier molecular flexibility index (Phi) is 7.19. The Morgan fingerprint density at radius 2 is 1.65 bits per heavy atom. The van der Waals surface area contributed by atoms with E-state index in [4.69, 9.17) is 0 Å². The second-order valence-electron chi connectivity index (χ2n) is 3.00. The molecule has 4 heteroatoms. The number of hydrogen-bond donors (Lipinski definition) is 0. The second kappa shape index (κ2) is 7.54. The summed E-state index contributed by atoms with van der Waals surface area (Å²) < 4.78 is 37.8. The molecule has 98 valence electrons. The van der Waals surface area contributed by atoms with Crippen LogP contribution in [-0.2, 0) is 16.7 Å². The van der Waals surface area contributed by atoms with Crippen LogP contribution < -0.4 is 0 Å². The lowest BCUT2D eigenvalue weighted by molar-refractivity contribution is -0.0121. The van der Waals surface area contributed by atoms with Gasteiger partial charge in [0.2, 0.25) is 0 Å². The van der Waals surface area contributed by atoms with Gasteiger partial charge in [0.1, 0.15) is 0 Å². The summed E-state index contributed by atoms with van der Waals surface area (Å²) in [4.78, 5) is 0.291. The number of benzene rings is 1. The fourth-order valence-corrected chi connectivity index (χ4v) is 2.79. The molecule has 0 saturated carbocycles. The number of rotatable bonds is 0. The normalized spacial score (nSPS) is 20.0. The summed E-state index contributed by atoms with van der Waals surface area (Å²) in [7, 11) is -1.24. The molecule has 0 aliphatic carbocycles.